The van der Waals surface area contributed by atoms with Crippen molar-refractivity contribution in [2.45, 2.75) is 90.5 Å². The van der Waals surface area contributed by atoms with Crippen molar-refractivity contribution in [1.82, 2.24) is 19.9 Å². The zero-order valence-electron chi connectivity index (χ0n) is 31.7. The van der Waals surface area contributed by atoms with Crippen molar-refractivity contribution in [1.29, 1.82) is 5.26 Å². The van der Waals surface area contributed by atoms with Gasteiger partial charge in [-0.1, -0.05) is 39.3 Å². The molecule has 1 amide bonds. The summed E-state index contributed by atoms with van der Waals surface area (Å²) in [5.41, 5.74) is 2.25. The lowest BCUT2D eigenvalue weighted by atomic mass is 9.83. The molecule has 2 aliphatic heterocycles. The normalized spacial score (nSPS) is 19.7. The molecular formula is C38H52ClN7O4Si. The highest BCUT2D eigenvalue weighted by Crippen LogP contribution is 2.47. The smallest absolute Gasteiger partial charge is 0.414 e. The van der Waals surface area contributed by atoms with Gasteiger partial charge < -0.3 is 24.1 Å². The van der Waals surface area contributed by atoms with Gasteiger partial charge in [0, 0.05) is 49.0 Å². The van der Waals surface area contributed by atoms with Crippen LogP contribution in [0.5, 0.6) is 5.88 Å². The molecule has 274 valence electrons. The highest BCUT2D eigenvalue weighted by molar-refractivity contribution is 6.74. The highest BCUT2D eigenvalue weighted by atomic mass is 35.5. The van der Waals surface area contributed by atoms with Gasteiger partial charge in [0.15, 0.2) is 8.32 Å². The maximum absolute atomic E-state index is 13.6. The average molecular weight is 734 g/mol. The zero-order chi connectivity index (χ0) is 37.4. The number of hydrogen-bond acceptors (Lipinski definition) is 10. The number of rotatable bonds is 9. The Labute approximate surface area is 308 Å². The molecule has 0 saturated carbocycles. The number of anilines is 3. The molecule has 0 bridgehead atoms. The van der Waals surface area contributed by atoms with Crippen LogP contribution in [0.4, 0.5) is 22.1 Å². The van der Waals surface area contributed by atoms with E-state index in [0.717, 1.165) is 31.5 Å². The fourth-order valence-electron chi connectivity index (χ4n) is 6.22. The van der Waals surface area contributed by atoms with Crippen LogP contribution in [0, 0.1) is 17.2 Å². The molecule has 13 heteroatoms. The number of likely N-dealkylation sites (tertiary alicyclic amines) is 1. The molecule has 2 aliphatic rings. The number of aromatic nitrogens is 3. The molecule has 1 aromatic carbocycles. The van der Waals surface area contributed by atoms with Crippen LogP contribution in [0.25, 0.3) is 11.3 Å². The highest BCUT2D eigenvalue weighted by Gasteiger charge is 2.47. The van der Waals surface area contributed by atoms with Crippen LogP contribution in [0.1, 0.15) is 72.4 Å². The summed E-state index contributed by atoms with van der Waals surface area (Å²) in [5.74, 6) is 1.15. The summed E-state index contributed by atoms with van der Waals surface area (Å²) in [6, 6.07) is 9.67. The van der Waals surface area contributed by atoms with E-state index in [1.54, 1.807) is 35.5 Å². The molecule has 3 aromatic rings. The second kappa shape index (κ2) is 14.7. The van der Waals surface area contributed by atoms with Gasteiger partial charge in [0.2, 0.25) is 11.8 Å². The predicted octanol–water partition coefficient (Wildman–Crippen LogP) is 8.56. The quantitative estimate of drug-likeness (QED) is 0.214. The van der Waals surface area contributed by atoms with Gasteiger partial charge in [-0.2, -0.15) is 5.26 Å². The number of ether oxygens (including phenoxy) is 2. The average Bonchev–Trinajstić information content (AvgIpc) is 3.35. The van der Waals surface area contributed by atoms with E-state index in [0.29, 0.717) is 70.7 Å². The monoisotopic (exact) mass is 733 g/mol. The number of hydrogen-bond donors (Lipinski definition) is 1. The number of carbonyl (C=O) groups excluding carboxylic acids is 1. The van der Waals surface area contributed by atoms with Crippen molar-refractivity contribution in [3.8, 4) is 23.2 Å². The second-order valence-corrected chi connectivity index (χ2v) is 21.9. The van der Waals surface area contributed by atoms with E-state index in [1.807, 2.05) is 26.8 Å². The standard InChI is InChI=1S/C38H52ClN7O4Si/c1-36(2,3)50-35(47)46-23-38(7,24-49-51(9,10)37(4,5)6)29-17-26(16-27(19-40)32(29)46)30-13-14-41-34(43-30)44-31-18-28(39)20-42-33(31)48-22-25-12-11-15-45(8)21-25/h13-14,16-18,20,25H,11-12,15,21-24H2,1-10H3,(H,41,43,44)/t25?,38-/m1/s1. The van der Waals surface area contributed by atoms with Crippen LogP contribution in [0.2, 0.25) is 23.2 Å². The van der Waals surface area contributed by atoms with Crippen LogP contribution in [-0.4, -0.2) is 79.8 Å². The predicted molar refractivity (Wildman–Crippen MR) is 205 cm³/mol. The topological polar surface area (TPSA) is 126 Å². The summed E-state index contributed by atoms with van der Waals surface area (Å²) in [4.78, 5) is 31.3. The van der Waals surface area contributed by atoms with E-state index in [1.165, 1.54) is 0 Å². The largest absolute Gasteiger partial charge is 0.476 e. The Hall–Kier alpha value is -3.76. The minimum absolute atomic E-state index is 0.00430. The molecule has 0 spiro atoms. The Morgan fingerprint density at radius 3 is 2.59 bits per heavy atom. The molecule has 0 aliphatic carbocycles. The Bertz CT molecular complexity index is 1800. The summed E-state index contributed by atoms with van der Waals surface area (Å²) in [7, 11) is -0.0255. The van der Waals surface area contributed by atoms with E-state index >= 15 is 0 Å². The van der Waals surface area contributed by atoms with E-state index in [-0.39, 0.29) is 5.04 Å². The SMILES string of the molecule is CN1CCCC(COc2ncc(Cl)cc2Nc2nccc(-c3cc(C#N)c4c(c3)[C@@](C)(CO[Si](C)(C)C(C)(C)C)CN4C(=O)OC(C)(C)C)n2)C1. The van der Waals surface area contributed by atoms with Gasteiger partial charge in [-0.3, -0.25) is 4.90 Å². The number of amides is 1. The lowest BCUT2D eigenvalue weighted by Gasteiger charge is -2.39. The third-order valence-electron chi connectivity index (χ3n) is 10.0. The number of halogens is 1. The Kier molecular flexibility index (Phi) is 11.1. The van der Waals surface area contributed by atoms with Crippen LogP contribution < -0.4 is 15.0 Å². The van der Waals surface area contributed by atoms with Gasteiger partial charge in [-0.05, 0) is 95.2 Å². The van der Waals surface area contributed by atoms with E-state index < -0.39 is 25.4 Å². The molecule has 1 fully saturated rings. The lowest BCUT2D eigenvalue weighted by Crippen LogP contribution is -2.46. The van der Waals surface area contributed by atoms with E-state index in [2.05, 4.69) is 74.1 Å². The first kappa shape index (κ1) is 38.5. The molecule has 51 heavy (non-hydrogen) atoms. The maximum atomic E-state index is 13.6. The minimum atomic E-state index is -2.16. The fourth-order valence-corrected chi connectivity index (χ4v) is 7.49. The Morgan fingerprint density at radius 2 is 1.92 bits per heavy atom. The van der Waals surface area contributed by atoms with Crippen molar-refractivity contribution in [2.75, 3.05) is 50.1 Å². The van der Waals surface area contributed by atoms with Crippen molar-refractivity contribution in [3.63, 3.8) is 0 Å². The maximum Gasteiger partial charge on any atom is 0.414 e. The third kappa shape index (κ3) is 9.01. The van der Waals surface area contributed by atoms with Crippen molar-refractivity contribution in [2.24, 2.45) is 5.92 Å². The van der Waals surface area contributed by atoms with Crippen molar-refractivity contribution >= 4 is 43.3 Å². The summed E-state index contributed by atoms with van der Waals surface area (Å²) in [6.07, 6.45) is 4.97. The summed E-state index contributed by atoms with van der Waals surface area (Å²) < 4.78 is 18.8. The molecule has 2 atom stereocenters. The number of carbonyl (C=O) groups is 1. The van der Waals surface area contributed by atoms with Gasteiger partial charge >= 0.3 is 6.09 Å². The first-order valence-electron chi connectivity index (χ1n) is 17.6. The fraction of sp³-hybridized carbons (Fsp3) is 0.553. The molecule has 2 aromatic heterocycles. The molecular weight excluding hydrogens is 682 g/mol. The van der Waals surface area contributed by atoms with Gasteiger partial charge in [0.05, 0.1) is 28.6 Å². The molecule has 1 unspecified atom stereocenters. The lowest BCUT2D eigenvalue weighted by molar-refractivity contribution is 0.0575. The third-order valence-corrected chi connectivity index (χ3v) is 14.7. The summed E-state index contributed by atoms with van der Waals surface area (Å²) >= 11 is 6.36. The number of nitriles is 1. The Balaban J connectivity index is 1.49. The van der Waals surface area contributed by atoms with Gasteiger partial charge in [-0.25, -0.2) is 19.7 Å². The zero-order valence-corrected chi connectivity index (χ0v) is 33.4. The molecule has 0 radical (unpaired) electrons. The number of benzene rings is 1. The number of piperidine rings is 1. The number of fused-ring (bicyclic) bond motifs is 1. The number of pyridine rings is 1. The molecule has 1 saturated heterocycles. The van der Waals surface area contributed by atoms with Crippen LogP contribution in [-0.2, 0) is 14.6 Å². The molecule has 11 nitrogen and oxygen atoms in total. The second-order valence-electron chi connectivity index (χ2n) is 16.7. The van der Waals surface area contributed by atoms with Crippen LogP contribution >= 0.6 is 11.6 Å². The summed E-state index contributed by atoms with van der Waals surface area (Å²) in [6.45, 7) is 21.9. The van der Waals surface area contributed by atoms with Gasteiger partial charge in [-0.15, -0.1) is 0 Å². The number of nitrogens with one attached hydrogen (secondary N) is 1. The summed E-state index contributed by atoms with van der Waals surface area (Å²) in [5, 5.41) is 14.2. The van der Waals surface area contributed by atoms with Crippen molar-refractivity contribution < 1.29 is 18.7 Å². The molecule has 4 heterocycles. The van der Waals surface area contributed by atoms with E-state index in [4.69, 9.17) is 30.5 Å². The molecule has 1 N–H and O–H groups in total. The van der Waals surface area contributed by atoms with Crippen molar-refractivity contribution in [3.05, 3.63) is 52.8 Å². The number of nitrogens with zero attached hydrogens (tertiary/aromatic N) is 6. The van der Waals surface area contributed by atoms with Crippen LogP contribution in [0.15, 0.2) is 36.7 Å². The van der Waals surface area contributed by atoms with E-state index in [9.17, 15) is 10.1 Å². The first-order valence-corrected chi connectivity index (χ1v) is 20.9. The van der Waals surface area contributed by atoms with Gasteiger partial charge in [0.1, 0.15) is 17.4 Å². The first-order chi connectivity index (χ1) is 23.8. The minimum Gasteiger partial charge on any atom is -0.476 e. The Morgan fingerprint density at radius 1 is 1.18 bits per heavy atom. The molecule has 5 rings (SSSR count). The van der Waals surface area contributed by atoms with Crippen LogP contribution in [0.3, 0.4) is 0 Å². The van der Waals surface area contributed by atoms with Gasteiger partial charge in [0.25, 0.3) is 0 Å².